The first-order valence-electron chi connectivity index (χ1n) is 10.1. The second-order valence-electron chi connectivity index (χ2n) is 9.74. The average Bonchev–Trinajstić information content (AvgIpc) is 2.86. The molecular formula is C21H32O5. The van der Waals surface area contributed by atoms with E-state index in [1.165, 1.54) is 5.57 Å². The molecule has 0 amide bonds. The Hall–Kier alpha value is -0.750. The normalized spacial score (nSPS) is 51.9. The monoisotopic (exact) mass is 364 g/mol. The van der Waals surface area contributed by atoms with Crippen molar-refractivity contribution in [2.24, 2.45) is 28.6 Å². The second kappa shape index (κ2) is 5.87. The molecule has 5 heteroatoms. The van der Waals surface area contributed by atoms with Gasteiger partial charge >= 0.3 is 0 Å². The van der Waals surface area contributed by atoms with E-state index in [-0.39, 0.29) is 29.0 Å². The number of rotatable bonds is 2. The fourth-order valence-electron chi connectivity index (χ4n) is 7.42. The lowest BCUT2D eigenvalue weighted by Crippen LogP contribution is -2.63. The molecule has 4 aliphatic carbocycles. The van der Waals surface area contributed by atoms with E-state index < -0.39 is 29.8 Å². The molecule has 0 aliphatic heterocycles. The minimum Gasteiger partial charge on any atom is -0.394 e. The van der Waals surface area contributed by atoms with Crippen LogP contribution in [0.15, 0.2) is 11.6 Å². The molecule has 4 rings (SSSR count). The van der Waals surface area contributed by atoms with Crippen LogP contribution in [0.4, 0.5) is 0 Å². The first-order chi connectivity index (χ1) is 12.2. The molecule has 4 aliphatic rings. The molecular weight excluding hydrogens is 332 g/mol. The molecule has 26 heavy (non-hydrogen) atoms. The Labute approximate surface area is 155 Å². The third-order valence-electron chi connectivity index (χ3n) is 8.84. The van der Waals surface area contributed by atoms with Crippen molar-refractivity contribution in [1.29, 1.82) is 0 Å². The Morgan fingerprint density at radius 2 is 1.96 bits per heavy atom. The van der Waals surface area contributed by atoms with Crippen molar-refractivity contribution in [3.05, 3.63) is 11.6 Å². The van der Waals surface area contributed by atoms with E-state index in [0.717, 1.165) is 25.7 Å². The predicted octanol–water partition coefficient (Wildman–Crippen LogP) is 1.57. The van der Waals surface area contributed by atoms with E-state index in [9.17, 15) is 25.2 Å². The minimum absolute atomic E-state index is 0.0993. The number of aliphatic hydroxyl groups excluding tert-OH is 3. The summed E-state index contributed by atoms with van der Waals surface area (Å²) < 4.78 is 0. The first kappa shape index (κ1) is 18.6. The molecule has 0 aromatic carbocycles. The van der Waals surface area contributed by atoms with Crippen molar-refractivity contribution in [3.8, 4) is 0 Å². The van der Waals surface area contributed by atoms with Crippen molar-refractivity contribution in [1.82, 2.24) is 0 Å². The van der Waals surface area contributed by atoms with Crippen molar-refractivity contribution in [2.75, 3.05) is 6.61 Å². The zero-order valence-corrected chi connectivity index (χ0v) is 15.8. The van der Waals surface area contributed by atoms with Gasteiger partial charge in [0.05, 0.1) is 18.3 Å². The number of ketones is 1. The predicted molar refractivity (Wildman–Crippen MR) is 96.1 cm³/mol. The van der Waals surface area contributed by atoms with Crippen LogP contribution >= 0.6 is 0 Å². The highest BCUT2D eigenvalue weighted by molar-refractivity contribution is 5.91. The van der Waals surface area contributed by atoms with Crippen molar-refractivity contribution < 1.29 is 25.2 Å². The number of hydrogen-bond acceptors (Lipinski definition) is 5. The van der Waals surface area contributed by atoms with Crippen molar-refractivity contribution in [3.63, 3.8) is 0 Å². The zero-order valence-electron chi connectivity index (χ0n) is 15.8. The second-order valence-corrected chi connectivity index (χ2v) is 9.74. The fraction of sp³-hybridized carbons (Fsp3) is 0.857. The summed E-state index contributed by atoms with van der Waals surface area (Å²) in [6, 6.07) is 0. The highest BCUT2D eigenvalue weighted by atomic mass is 16.4. The highest BCUT2D eigenvalue weighted by Gasteiger charge is 2.67. The standard InChI is InChI=1S/C21H32O5/c1-19-7-5-13(23)9-12(19)3-4-14-15-6-8-21(26,17(25)11-22)20(15,2)10-16(24)18(14)19/h9,14-18,22,24-26H,3-8,10-11H2,1-2H3/t14-,15+,16+,17-,18-,19+,20+,21+/m1/s1. The molecule has 8 atom stereocenters. The van der Waals surface area contributed by atoms with Crippen LogP contribution in [0.25, 0.3) is 0 Å². The molecule has 0 aromatic rings. The van der Waals surface area contributed by atoms with E-state index in [1.54, 1.807) is 0 Å². The van der Waals surface area contributed by atoms with Crippen LogP contribution < -0.4 is 0 Å². The summed E-state index contributed by atoms with van der Waals surface area (Å²) in [5.41, 5.74) is -0.898. The van der Waals surface area contributed by atoms with Crippen molar-refractivity contribution >= 4 is 5.78 Å². The molecule has 0 aromatic heterocycles. The third kappa shape index (κ3) is 2.20. The number of allylic oxidation sites excluding steroid dienone is 1. The molecule has 0 heterocycles. The van der Waals surface area contributed by atoms with Gasteiger partial charge in [-0.2, -0.15) is 0 Å². The molecule has 0 bridgehead atoms. The van der Waals surface area contributed by atoms with E-state index in [4.69, 9.17) is 0 Å². The van der Waals surface area contributed by atoms with Gasteiger partial charge in [0.1, 0.15) is 6.10 Å². The maximum absolute atomic E-state index is 11.9. The largest absolute Gasteiger partial charge is 0.394 e. The Kier molecular flexibility index (Phi) is 4.20. The van der Waals surface area contributed by atoms with Gasteiger partial charge in [0.15, 0.2) is 5.78 Å². The van der Waals surface area contributed by atoms with Gasteiger partial charge < -0.3 is 20.4 Å². The summed E-state index contributed by atoms with van der Waals surface area (Å²) >= 11 is 0. The number of carbonyl (C=O) groups is 1. The quantitative estimate of drug-likeness (QED) is 0.596. The van der Waals surface area contributed by atoms with Gasteiger partial charge in [-0.3, -0.25) is 4.79 Å². The van der Waals surface area contributed by atoms with Crippen LogP contribution in [0.3, 0.4) is 0 Å². The molecule has 146 valence electrons. The maximum atomic E-state index is 11.9. The Morgan fingerprint density at radius 1 is 1.23 bits per heavy atom. The third-order valence-corrected chi connectivity index (χ3v) is 8.84. The van der Waals surface area contributed by atoms with Crippen LogP contribution in [0, 0.1) is 28.6 Å². The van der Waals surface area contributed by atoms with E-state index in [0.29, 0.717) is 19.3 Å². The molecule has 3 fully saturated rings. The summed E-state index contributed by atoms with van der Waals surface area (Å²) in [7, 11) is 0. The number of carbonyl (C=O) groups excluding carboxylic acids is 1. The number of hydrogen-bond donors (Lipinski definition) is 4. The van der Waals surface area contributed by atoms with Gasteiger partial charge in [-0.05, 0) is 67.8 Å². The first-order valence-corrected chi connectivity index (χ1v) is 10.1. The van der Waals surface area contributed by atoms with Crippen molar-refractivity contribution in [2.45, 2.75) is 76.6 Å². The van der Waals surface area contributed by atoms with E-state index >= 15 is 0 Å². The topological polar surface area (TPSA) is 98.0 Å². The maximum Gasteiger partial charge on any atom is 0.155 e. The summed E-state index contributed by atoms with van der Waals surface area (Å²) in [4.78, 5) is 11.9. The van der Waals surface area contributed by atoms with Gasteiger partial charge in [-0.15, -0.1) is 0 Å². The molecule has 0 radical (unpaired) electrons. The van der Waals surface area contributed by atoms with Gasteiger partial charge in [0.25, 0.3) is 0 Å². The van der Waals surface area contributed by atoms with Gasteiger partial charge in [0.2, 0.25) is 0 Å². The fourth-order valence-corrected chi connectivity index (χ4v) is 7.42. The van der Waals surface area contributed by atoms with Crippen LogP contribution in [-0.4, -0.2) is 50.6 Å². The summed E-state index contributed by atoms with van der Waals surface area (Å²) in [5.74, 6) is 0.798. The smallest absolute Gasteiger partial charge is 0.155 e. The lowest BCUT2D eigenvalue weighted by molar-refractivity contribution is -0.207. The molecule has 3 saturated carbocycles. The van der Waals surface area contributed by atoms with Gasteiger partial charge in [-0.1, -0.05) is 19.4 Å². The Bertz CT molecular complexity index is 644. The van der Waals surface area contributed by atoms with Crippen LogP contribution in [-0.2, 0) is 4.79 Å². The summed E-state index contributed by atoms with van der Waals surface area (Å²) in [5, 5.41) is 42.3. The molecule has 0 spiro atoms. The SMILES string of the molecule is C[C@]12CCC(=O)C=C1CC[C@H]1[C@@H]2[C@@H](O)C[C@@]2(C)[C@H]1CC[C@]2(O)[C@H](O)CO. The van der Waals surface area contributed by atoms with Gasteiger partial charge in [0, 0.05) is 11.8 Å². The Morgan fingerprint density at radius 3 is 2.65 bits per heavy atom. The van der Waals surface area contributed by atoms with Crippen LogP contribution in [0.1, 0.15) is 58.8 Å². The number of fused-ring (bicyclic) bond motifs is 5. The summed E-state index contributed by atoms with van der Waals surface area (Å²) in [6.07, 6.45) is 4.92. The highest BCUT2D eigenvalue weighted by Crippen LogP contribution is 2.67. The lowest BCUT2D eigenvalue weighted by Gasteiger charge is -2.61. The Balaban J connectivity index is 1.72. The number of aliphatic hydroxyl groups is 4. The molecule has 0 unspecified atom stereocenters. The molecule has 0 saturated heterocycles. The zero-order chi connectivity index (χ0) is 18.9. The minimum atomic E-state index is -1.35. The molecule has 5 nitrogen and oxygen atoms in total. The van der Waals surface area contributed by atoms with Crippen LogP contribution in [0.5, 0.6) is 0 Å². The average molecular weight is 364 g/mol. The van der Waals surface area contributed by atoms with Gasteiger partial charge in [-0.25, -0.2) is 0 Å². The van der Waals surface area contributed by atoms with Crippen LogP contribution in [0.2, 0.25) is 0 Å². The van der Waals surface area contributed by atoms with E-state index in [2.05, 4.69) is 6.92 Å². The van der Waals surface area contributed by atoms with E-state index in [1.807, 2.05) is 13.0 Å². The summed E-state index contributed by atoms with van der Waals surface area (Å²) in [6.45, 7) is 3.73. The molecule has 4 N–H and O–H groups in total. The lowest BCUT2D eigenvalue weighted by atomic mass is 9.45.